The lowest BCUT2D eigenvalue weighted by atomic mass is 9.90. The molecule has 5 heteroatoms. The standard InChI is InChI=1S/C24H23NO3S/c1-16-12-23(25-21-9-5-4-8-20(16)21)29-15-24(27)28-14-22(26)19-11-10-17-6-2-3-7-18(17)13-19/h4-5,8-13H,2-3,6-7,14-15H2,1H3. The first-order chi connectivity index (χ1) is 14.1. The highest BCUT2D eigenvalue weighted by molar-refractivity contribution is 7.99. The van der Waals surface area contributed by atoms with Crippen LogP contribution in [-0.2, 0) is 22.4 Å². The molecule has 4 rings (SSSR count). The van der Waals surface area contributed by atoms with Crippen molar-refractivity contribution in [3.63, 3.8) is 0 Å². The van der Waals surface area contributed by atoms with Crippen molar-refractivity contribution < 1.29 is 14.3 Å². The summed E-state index contributed by atoms with van der Waals surface area (Å²) in [5.41, 5.74) is 5.24. The minimum absolute atomic E-state index is 0.127. The predicted octanol–water partition coefficient (Wildman–Crippen LogP) is 4.94. The molecule has 0 N–H and O–H groups in total. The summed E-state index contributed by atoms with van der Waals surface area (Å²) in [5, 5.41) is 1.88. The van der Waals surface area contributed by atoms with E-state index in [1.54, 1.807) is 0 Å². The van der Waals surface area contributed by atoms with E-state index in [0.29, 0.717) is 5.56 Å². The van der Waals surface area contributed by atoms with E-state index in [4.69, 9.17) is 4.74 Å². The highest BCUT2D eigenvalue weighted by Crippen LogP contribution is 2.24. The number of aromatic nitrogens is 1. The molecule has 0 bridgehead atoms. The van der Waals surface area contributed by atoms with E-state index in [1.165, 1.54) is 35.7 Å². The lowest BCUT2D eigenvalue weighted by Crippen LogP contribution is -2.16. The number of fused-ring (bicyclic) bond motifs is 2. The molecule has 2 aromatic carbocycles. The first-order valence-corrected chi connectivity index (χ1v) is 10.9. The van der Waals surface area contributed by atoms with Crippen molar-refractivity contribution in [2.75, 3.05) is 12.4 Å². The molecule has 29 heavy (non-hydrogen) atoms. The van der Waals surface area contributed by atoms with Gasteiger partial charge in [-0.1, -0.05) is 42.1 Å². The van der Waals surface area contributed by atoms with E-state index in [1.807, 2.05) is 55.5 Å². The quantitative estimate of drug-likeness (QED) is 0.330. The van der Waals surface area contributed by atoms with Crippen LogP contribution in [0.2, 0.25) is 0 Å². The van der Waals surface area contributed by atoms with E-state index in [-0.39, 0.29) is 18.1 Å². The zero-order valence-electron chi connectivity index (χ0n) is 16.4. The molecule has 0 radical (unpaired) electrons. The van der Waals surface area contributed by atoms with E-state index in [2.05, 4.69) is 4.98 Å². The lowest BCUT2D eigenvalue weighted by molar-refractivity contribution is -0.139. The van der Waals surface area contributed by atoms with Crippen molar-refractivity contribution in [3.05, 3.63) is 70.8 Å². The molecule has 1 aliphatic rings. The van der Waals surface area contributed by atoms with Crippen LogP contribution in [0.25, 0.3) is 10.9 Å². The number of esters is 1. The summed E-state index contributed by atoms with van der Waals surface area (Å²) in [5.74, 6) is -0.437. The van der Waals surface area contributed by atoms with E-state index < -0.39 is 5.97 Å². The van der Waals surface area contributed by atoms with Gasteiger partial charge in [0.25, 0.3) is 0 Å². The summed E-state index contributed by atoms with van der Waals surface area (Å²) in [6, 6.07) is 15.7. The van der Waals surface area contributed by atoms with Gasteiger partial charge in [-0.2, -0.15) is 0 Å². The monoisotopic (exact) mass is 405 g/mol. The molecule has 0 saturated carbocycles. The summed E-state index contributed by atoms with van der Waals surface area (Å²) in [4.78, 5) is 29.1. The van der Waals surface area contributed by atoms with Crippen molar-refractivity contribution in [1.82, 2.24) is 4.98 Å². The SMILES string of the molecule is Cc1cc(SCC(=O)OCC(=O)c2ccc3c(c2)CCCC3)nc2ccccc12. The van der Waals surface area contributed by atoms with Crippen molar-refractivity contribution in [1.29, 1.82) is 0 Å². The molecule has 0 fully saturated rings. The third-order valence-corrected chi connectivity index (χ3v) is 6.16. The molecule has 4 nitrogen and oxygen atoms in total. The Labute approximate surface area is 174 Å². The Kier molecular flexibility index (Phi) is 5.95. The van der Waals surface area contributed by atoms with Gasteiger partial charge in [-0.3, -0.25) is 9.59 Å². The fourth-order valence-corrected chi connectivity index (χ4v) is 4.48. The number of ketones is 1. The van der Waals surface area contributed by atoms with Crippen LogP contribution in [0.5, 0.6) is 0 Å². The van der Waals surface area contributed by atoms with Gasteiger partial charge in [-0.05, 0) is 67.5 Å². The largest absolute Gasteiger partial charge is 0.457 e. The van der Waals surface area contributed by atoms with Gasteiger partial charge >= 0.3 is 5.97 Å². The molecule has 3 aromatic rings. The molecule has 0 amide bonds. The number of carbonyl (C=O) groups excluding carboxylic acids is 2. The second-order valence-electron chi connectivity index (χ2n) is 7.36. The molecular weight excluding hydrogens is 382 g/mol. The summed E-state index contributed by atoms with van der Waals surface area (Å²) in [6.45, 7) is 1.81. The summed E-state index contributed by atoms with van der Waals surface area (Å²) in [7, 11) is 0. The van der Waals surface area contributed by atoms with Gasteiger partial charge < -0.3 is 4.74 Å². The highest BCUT2D eigenvalue weighted by atomic mass is 32.2. The molecule has 1 heterocycles. The van der Waals surface area contributed by atoms with Gasteiger partial charge in [0.2, 0.25) is 0 Å². The molecular formula is C24H23NO3S. The van der Waals surface area contributed by atoms with Crippen molar-refractivity contribution in [3.8, 4) is 0 Å². The van der Waals surface area contributed by atoms with E-state index in [0.717, 1.165) is 34.3 Å². The Bertz CT molecular complexity index is 1080. The number of nitrogens with zero attached hydrogens (tertiary/aromatic N) is 1. The van der Waals surface area contributed by atoms with Gasteiger partial charge in [0.15, 0.2) is 12.4 Å². The van der Waals surface area contributed by atoms with Crippen LogP contribution >= 0.6 is 11.8 Å². The first kappa shape index (κ1) is 19.6. The average Bonchev–Trinajstić information content (AvgIpc) is 2.75. The molecule has 0 aliphatic heterocycles. The van der Waals surface area contributed by atoms with Crippen LogP contribution in [0.4, 0.5) is 0 Å². The summed E-state index contributed by atoms with van der Waals surface area (Å²) >= 11 is 1.33. The Morgan fingerprint density at radius 3 is 2.69 bits per heavy atom. The Balaban J connectivity index is 1.31. The van der Waals surface area contributed by atoms with E-state index >= 15 is 0 Å². The zero-order chi connectivity index (χ0) is 20.2. The molecule has 148 valence electrons. The number of rotatable bonds is 6. The number of carbonyl (C=O) groups is 2. The fourth-order valence-electron chi connectivity index (χ4n) is 3.70. The Morgan fingerprint density at radius 1 is 1.03 bits per heavy atom. The van der Waals surface area contributed by atoms with Gasteiger partial charge in [-0.25, -0.2) is 4.98 Å². The number of aryl methyl sites for hydroxylation is 3. The van der Waals surface area contributed by atoms with Crippen molar-refractivity contribution in [2.45, 2.75) is 37.6 Å². The molecule has 0 atom stereocenters. The first-order valence-electron chi connectivity index (χ1n) is 9.90. The Morgan fingerprint density at radius 2 is 1.83 bits per heavy atom. The maximum Gasteiger partial charge on any atom is 0.316 e. The van der Waals surface area contributed by atoms with Crippen LogP contribution in [0.3, 0.4) is 0 Å². The number of Topliss-reactive ketones (excluding diaryl/α,β-unsaturated/α-hetero) is 1. The number of hydrogen-bond acceptors (Lipinski definition) is 5. The van der Waals surface area contributed by atoms with Crippen molar-refractivity contribution >= 4 is 34.4 Å². The molecule has 0 unspecified atom stereocenters. The molecule has 1 aliphatic carbocycles. The predicted molar refractivity (Wildman–Crippen MR) is 116 cm³/mol. The van der Waals surface area contributed by atoms with Gasteiger partial charge in [0, 0.05) is 10.9 Å². The van der Waals surface area contributed by atoms with Gasteiger partial charge in [-0.15, -0.1) is 0 Å². The summed E-state index contributed by atoms with van der Waals surface area (Å²) < 4.78 is 5.20. The normalized spacial score (nSPS) is 13.1. The molecule has 1 aromatic heterocycles. The van der Waals surface area contributed by atoms with Crippen LogP contribution in [0, 0.1) is 6.92 Å². The lowest BCUT2D eigenvalue weighted by Gasteiger charge is -2.16. The van der Waals surface area contributed by atoms with Gasteiger partial charge in [0.05, 0.1) is 16.3 Å². The van der Waals surface area contributed by atoms with E-state index in [9.17, 15) is 9.59 Å². The zero-order valence-corrected chi connectivity index (χ0v) is 17.3. The fraction of sp³-hybridized carbons (Fsp3) is 0.292. The van der Waals surface area contributed by atoms with Gasteiger partial charge in [0.1, 0.15) is 0 Å². The maximum absolute atomic E-state index is 12.4. The topological polar surface area (TPSA) is 56.3 Å². The Hall–Kier alpha value is -2.66. The smallest absolute Gasteiger partial charge is 0.316 e. The maximum atomic E-state index is 12.4. The van der Waals surface area contributed by atoms with Crippen molar-refractivity contribution in [2.24, 2.45) is 0 Å². The van der Waals surface area contributed by atoms with Crippen LogP contribution < -0.4 is 0 Å². The second kappa shape index (κ2) is 8.78. The second-order valence-corrected chi connectivity index (χ2v) is 8.35. The third-order valence-electron chi connectivity index (χ3n) is 5.27. The minimum Gasteiger partial charge on any atom is -0.457 e. The molecule has 0 saturated heterocycles. The average molecular weight is 406 g/mol. The summed E-state index contributed by atoms with van der Waals surface area (Å²) in [6.07, 6.45) is 4.48. The number of thioether (sulfide) groups is 1. The van der Waals surface area contributed by atoms with Crippen LogP contribution in [0.1, 0.15) is 39.9 Å². The highest BCUT2D eigenvalue weighted by Gasteiger charge is 2.15. The minimum atomic E-state index is -0.408. The number of hydrogen-bond donors (Lipinski definition) is 0. The number of benzene rings is 2. The van der Waals surface area contributed by atoms with Crippen LogP contribution in [0.15, 0.2) is 53.6 Å². The number of para-hydroxylation sites is 1. The van der Waals surface area contributed by atoms with Crippen LogP contribution in [-0.4, -0.2) is 29.1 Å². The molecule has 0 spiro atoms. The number of pyridine rings is 1. The number of ether oxygens (including phenoxy) is 1. The third kappa shape index (κ3) is 4.67.